The number of hydrazine groups is 1. The molecule has 0 radical (unpaired) electrons. The highest BCUT2D eigenvalue weighted by Gasteiger charge is 2.14. The van der Waals surface area contributed by atoms with E-state index < -0.39 is 0 Å². The van der Waals surface area contributed by atoms with E-state index >= 15 is 0 Å². The Labute approximate surface area is 122 Å². The van der Waals surface area contributed by atoms with Crippen LogP contribution >= 0.6 is 11.3 Å². The van der Waals surface area contributed by atoms with Crippen molar-refractivity contribution in [3.05, 3.63) is 76.7 Å². The van der Waals surface area contributed by atoms with Crippen LogP contribution in [0, 0.1) is 0 Å². The highest BCUT2D eigenvalue weighted by atomic mass is 32.1. The zero-order valence-corrected chi connectivity index (χ0v) is 11.7. The molecule has 1 unspecified atom stereocenters. The maximum absolute atomic E-state index is 5.66. The number of thiazole rings is 1. The van der Waals surface area contributed by atoms with Gasteiger partial charge in [0, 0.05) is 5.38 Å². The average molecular weight is 281 g/mol. The first-order chi connectivity index (χ1) is 9.88. The lowest BCUT2D eigenvalue weighted by Crippen LogP contribution is -2.29. The van der Waals surface area contributed by atoms with Gasteiger partial charge in [0.05, 0.1) is 17.2 Å². The van der Waals surface area contributed by atoms with Crippen LogP contribution in [0.2, 0.25) is 0 Å². The minimum absolute atomic E-state index is 0.0638. The van der Waals surface area contributed by atoms with Gasteiger partial charge >= 0.3 is 0 Å². The van der Waals surface area contributed by atoms with E-state index in [0.29, 0.717) is 0 Å². The summed E-state index contributed by atoms with van der Waals surface area (Å²) in [5, 5.41) is 2.01. The molecule has 100 valence electrons. The molecule has 0 aliphatic rings. The summed E-state index contributed by atoms with van der Waals surface area (Å²) in [6.07, 6.45) is 0. The first kappa shape index (κ1) is 13.0. The molecule has 1 heterocycles. The Morgan fingerprint density at radius 2 is 1.65 bits per heavy atom. The van der Waals surface area contributed by atoms with E-state index in [9.17, 15) is 0 Å². The molecule has 0 bridgehead atoms. The summed E-state index contributed by atoms with van der Waals surface area (Å²) in [7, 11) is 0. The van der Waals surface area contributed by atoms with Gasteiger partial charge in [-0.25, -0.2) is 10.4 Å². The number of hydrogen-bond donors (Lipinski definition) is 2. The summed E-state index contributed by atoms with van der Waals surface area (Å²) in [5.74, 6) is 5.66. The van der Waals surface area contributed by atoms with Crippen molar-refractivity contribution < 1.29 is 0 Å². The number of nitrogens with one attached hydrogen (secondary N) is 1. The van der Waals surface area contributed by atoms with Crippen LogP contribution in [-0.2, 0) is 0 Å². The lowest BCUT2D eigenvalue weighted by molar-refractivity contribution is 0.624. The van der Waals surface area contributed by atoms with Gasteiger partial charge < -0.3 is 0 Å². The fourth-order valence-electron chi connectivity index (χ4n) is 2.22. The van der Waals surface area contributed by atoms with Crippen molar-refractivity contribution >= 4 is 11.3 Å². The topological polar surface area (TPSA) is 50.9 Å². The minimum atomic E-state index is -0.0638. The van der Waals surface area contributed by atoms with Crippen molar-refractivity contribution in [2.45, 2.75) is 6.04 Å². The number of hydrogen-bond acceptors (Lipinski definition) is 4. The highest BCUT2D eigenvalue weighted by molar-refractivity contribution is 7.07. The van der Waals surface area contributed by atoms with E-state index in [-0.39, 0.29) is 6.04 Å². The smallest absolute Gasteiger partial charge is 0.0889 e. The van der Waals surface area contributed by atoms with Crippen molar-refractivity contribution in [3.63, 3.8) is 0 Å². The fourth-order valence-corrected chi connectivity index (χ4v) is 2.80. The Hall–Kier alpha value is -2.01. The predicted molar refractivity (Wildman–Crippen MR) is 83.2 cm³/mol. The molecule has 0 fully saturated rings. The maximum Gasteiger partial charge on any atom is 0.0889 e. The SMILES string of the molecule is NNC(c1ccc(-c2ccccc2)cc1)c1cscn1. The van der Waals surface area contributed by atoms with Crippen LogP contribution in [0.3, 0.4) is 0 Å². The van der Waals surface area contributed by atoms with Crippen LogP contribution < -0.4 is 11.3 Å². The van der Waals surface area contributed by atoms with Gasteiger partial charge in [-0.1, -0.05) is 54.6 Å². The number of rotatable bonds is 4. The molecule has 2 aromatic carbocycles. The second-order valence-corrected chi connectivity index (χ2v) is 5.22. The van der Waals surface area contributed by atoms with Crippen molar-refractivity contribution in [2.24, 2.45) is 5.84 Å². The molecule has 0 aliphatic carbocycles. The molecule has 0 saturated carbocycles. The molecule has 3 N–H and O–H groups in total. The largest absolute Gasteiger partial charge is 0.271 e. The second-order valence-electron chi connectivity index (χ2n) is 4.50. The van der Waals surface area contributed by atoms with Gasteiger partial charge in [0.1, 0.15) is 0 Å². The summed E-state index contributed by atoms with van der Waals surface area (Å²) >= 11 is 1.57. The first-order valence-corrected chi connectivity index (χ1v) is 7.32. The normalized spacial score (nSPS) is 12.2. The van der Waals surface area contributed by atoms with Crippen LogP contribution in [-0.4, -0.2) is 4.98 Å². The third-order valence-electron chi connectivity index (χ3n) is 3.26. The number of nitrogens with two attached hydrogens (primary N) is 1. The molecule has 3 nitrogen and oxygen atoms in total. The van der Waals surface area contributed by atoms with E-state index in [1.54, 1.807) is 11.3 Å². The van der Waals surface area contributed by atoms with Gasteiger partial charge in [0.2, 0.25) is 0 Å². The molecule has 3 rings (SSSR count). The van der Waals surface area contributed by atoms with Crippen LogP contribution in [0.5, 0.6) is 0 Å². The van der Waals surface area contributed by atoms with Crippen LogP contribution in [0.1, 0.15) is 17.3 Å². The van der Waals surface area contributed by atoms with E-state index in [0.717, 1.165) is 11.3 Å². The van der Waals surface area contributed by atoms with Crippen LogP contribution in [0.15, 0.2) is 65.5 Å². The first-order valence-electron chi connectivity index (χ1n) is 6.38. The summed E-state index contributed by atoms with van der Waals surface area (Å²) in [6.45, 7) is 0. The number of nitrogens with zero attached hydrogens (tertiary/aromatic N) is 1. The zero-order chi connectivity index (χ0) is 13.8. The monoisotopic (exact) mass is 281 g/mol. The molecule has 0 spiro atoms. The van der Waals surface area contributed by atoms with Crippen LogP contribution in [0.25, 0.3) is 11.1 Å². The molecule has 20 heavy (non-hydrogen) atoms. The average Bonchev–Trinajstić information content (AvgIpc) is 3.04. The maximum atomic E-state index is 5.66. The van der Waals surface area contributed by atoms with E-state index in [1.807, 2.05) is 29.1 Å². The van der Waals surface area contributed by atoms with E-state index in [4.69, 9.17) is 5.84 Å². The lowest BCUT2D eigenvalue weighted by Gasteiger charge is -2.14. The third kappa shape index (κ3) is 2.63. The van der Waals surface area contributed by atoms with E-state index in [1.165, 1.54) is 11.1 Å². The summed E-state index contributed by atoms with van der Waals surface area (Å²) in [6, 6.07) is 18.7. The Morgan fingerprint density at radius 1 is 0.950 bits per heavy atom. The van der Waals surface area contributed by atoms with Gasteiger partial charge in [-0.05, 0) is 16.7 Å². The minimum Gasteiger partial charge on any atom is -0.271 e. The van der Waals surface area contributed by atoms with Gasteiger partial charge in [-0.15, -0.1) is 11.3 Å². The van der Waals surface area contributed by atoms with Crippen LogP contribution in [0.4, 0.5) is 0 Å². The molecule has 0 aliphatic heterocycles. The third-order valence-corrected chi connectivity index (χ3v) is 3.87. The quantitative estimate of drug-likeness (QED) is 0.569. The van der Waals surface area contributed by atoms with Crippen molar-refractivity contribution in [2.75, 3.05) is 0 Å². The molecular formula is C16H15N3S. The molecule has 0 amide bonds. The Balaban J connectivity index is 1.89. The van der Waals surface area contributed by atoms with Crippen molar-refractivity contribution in [1.29, 1.82) is 0 Å². The summed E-state index contributed by atoms with van der Waals surface area (Å²) < 4.78 is 0. The van der Waals surface area contributed by atoms with Gasteiger partial charge in [0.25, 0.3) is 0 Å². The Bertz CT molecular complexity index is 648. The van der Waals surface area contributed by atoms with Gasteiger partial charge in [-0.2, -0.15) is 0 Å². The lowest BCUT2D eigenvalue weighted by atomic mass is 10.00. The predicted octanol–water partition coefficient (Wildman–Crippen LogP) is 3.36. The number of aromatic nitrogens is 1. The molecular weight excluding hydrogens is 266 g/mol. The van der Waals surface area contributed by atoms with Crippen molar-refractivity contribution in [1.82, 2.24) is 10.4 Å². The number of benzene rings is 2. The zero-order valence-electron chi connectivity index (χ0n) is 10.9. The molecule has 3 aromatic rings. The summed E-state index contributed by atoms with van der Waals surface area (Å²) in [5.41, 5.74) is 9.11. The fraction of sp³-hybridized carbons (Fsp3) is 0.0625. The second kappa shape index (κ2) is 5.96. The molecule has 1 aromatic heterocycles. The van der Waals surface area contributed by atoms with Gasteiger partial charge in [-0.3, -0.25) is 5.84 Å². The Morgan fingerprint density at radius 3 is 2.25 bits per heavy atom. The molecule has 0 saturated heterocycles. The van der Waals surface area contributed by atoms with Gasteiger partial charge in [0.15, 0.2) is 0 Å². The van der Waals surface area contributed by atoms with Crippen molar-refractivity contribution in [3.8, 4) is 11.1 Å². The molecule has 4 heteroatoms. The van der Waals surface area contributed by atoms with E-state index in [2.05, 4.69) is 46.8 Å². The Kier molecular flexibility index (Phi) is 3.87. The standard InChI is InChI=1S/C16H15N3S/c17-19-16(15-10-20-11-18-15)14-8-6-13(7-9-14)12-4-2-1-3-5-12/h1-11,16,19H,17H2. The summed E-state index contributed by atoms with van der Waals surface area (Å²) in [4.78, 5) is 4.32. The highest BCUT2D eigenvalue weighted by Crippen LogP contribution is 2.25. The molecule has 1 atom stereocenters.